The normalized spacial score (nSPS) is 11.6. The number of carbonyl (C=O) groups is 3. The largest absolute Gasteiger partial charge is 0.480 e. The van der Waals surface area contributed by atoms with E-state index in [1.165, 1.54) is 30.7 Å². The molecule has 0 aliphatic carbocycles. The minimum absolute atomic E-state index is 0.113. The molecule has 38 heavy (non-hydrogen) atoms. The fourth-order valence-electron chi connectivity index (χ4n) is 3.72. The topological polar surface area (TPSA) is 108 Å². The van der Waals surface area contributed by atoms with Crippen molar-refractivity contribution in [3.8, 4) is 10.4 Å². The van der Waals surface area contributed by atoms with E-state index in [1.54, 1.807) is 53.9 Å². The van der Waals surface area contributed by atoms with E-state index in [0.29, 0.717) is 27.4 Å². The maximum absolute atomic E-state index is 12.6. The number of Topliss-reactive ketones (excluding diaryl/α,β-unsaturated/α-hetero) is 1. The van der Waals surface area contributed by atoms with Crippen LogP contribution >= 0.6 is 46.1 Å². The maximum Gasteiger partial charge on any atom is 0.326 e. The number of ketones is 1. The molecular formula is C27H20Cl3N3O4S. The van der Waals surface area contributed by atoms with Crippen LogP contribution in [0.4, 0.5) is 11.4 Å². The van der Waals surface area contributed by atoms with Gasteiger partial charge >= 0.3 is 5.97 Å². The van der Waals surface area contributed by atoms with Gasteiger partial charge in [-0.2, -0.15) is 0 Å². The summed E-state index contributed by atoms with van der Waals surface area (Å²) in [5.74, 6) is -1.56. The van der Waals surface area contributed by atoms with E-state index in [2.05, 4.69) is 15.6 Å². The first kappa shape index (κ1) is 27.6. The quantitative estimate of drug-likeness (QED) is 0.177. The molecule has 2 aromatic heterocycles. The Kier molecular flexibility index (Phi) is 8.69. The van der Waals surface area contributed by atoms with Crippen LogP contribution in [0, 0.1) is 0 Å². The Hall–Kier alpha value is -3.43. The van der Waals surface area contributed by atoms with Crippen LogP contribution < -0.4 is 10.6 Å². The van der Waals surface area contributed by atoms with Crippen LogP contribution in [-0.4, -0.2) is 33.8 Å². The number of rotatable bonds is 9. The Morgan fingerprint density at radius 3 is 2.32 bits per heavy atom. The first-order valence-electron chi connectivity index (χ1n) is 11.2. The van der Waals surface area contributed by atoms with Gasteiger partial charge in [0.2, 0.25) is 0 Å². The van der Waals surface area contributed by atoms with Crippen molar-refractivity contribution in [2.45, 2.75) is 19.4 Å². The zero-order valence-corrected chi connectivity index (χ0v) is 22.9. The molecule has 4 rings (SSSR count). The highest BCUT2D eigenvalue weighted by Gasteiger charge is 2.20. The van der Waals surface area contributed by atoms with Gasteiger partial charge < -0.3 is 15.7 Å². The van der Waals surface area contributed by atoms with Crippen LogP contribution in [0.2, 0.25) is 15.1 Å². The highest BCUT2D eigenvalue weighted by atomic mass is 35.5. The molecule has 3 N–H and O–H groups in total. The summed E-state index contributed by atoms with van der Waals surface area (Å²) in [7, 11) is 0. The zero-order valence-electron chi connectivity index (χ0n) is 19.8. The maximum atomic E-state index is 12.6. The second-order valence-electron chi connectivity index (χ2n) is 8.31. The molecule has 0 aliphatic rings. The van der Waals surface area contributed by atoms with Crippen molar-refractivity contribution in [2.24, 2.45) is 0 Å². The predicted octanol–water partition coefficient (Wildman–Crippen LogP) is 7.33. The van der Waals surface area contributed by atoms with E-state index in [0.717, 1.165) is 10.4 Å². The Morgan fingerprint density at radius 2 is 1.68 bits per heavy atom. The molecule has 11 heteroatoms. The van der Waals surface area contributed by atoms with E-state index < -0.39 is 17.9 Å². The van der Waals surface area contributed by atoms with Crippen LogP contribution in [0.5, 0.6) is 0 Å². The fraction of sp³-hybridized carbons (Fsp3) is 0.111. The molecule has 7 nitrogen and oxygen atoms in total. The number of nitrogens with zero attached hydrogens (tertiary/aromatic N) is 1. The summed E-state index contributed by atoms with van der Waals surface area (Å²) in [5.41, 5.74) is 3.17. The summed E-state index contributed by atoms with van der Waals surface area (Å²) in [5, 5.41) is 18.2. The van der Waals surface area contributed by atoms with E-state index >= 15 is 0 Å². The van der Waals surface area contributed by atoms with Crippen molar-refractivity contribution in [2.75, 3.05) is 10.6 Å². The first-order valence-corrected chi connectivity index (χ1v) is 13.2. The summed E-state index contributed by atoms with van der Waals surface area (Å²) in [6.45, 7) is 1.47. The Balaban J connectivity index is 1.46. The number of carboxylic acids is 1. The summed E-state index contributed by atoms with van der Waals surface area (Å²) in [4.78, 5) is 41.3. The van der Waals surface area contributed by atoms with Crippen molar-refractivity contribution in [3.63, 3.8) is 0 Å². The van der Waals surface area contributed by atoms with E-state index in [9.17, 15) is 19.5 Å². The van der Waals surface area contributed by atoms with E-state index in [-0.39, 0.29) is 27.9 Å². The van der Waals surface area contributed by atoms with Gasteiger partial charge in [-0.3, -0.25) is 14.6 Å². The number of anilines is 2. The lowest BCUT2D eigenvalue weighted by Crippen LogP contribution is -2.31. The van der Waals surface area contributed by atoms with Gasteiger partial charge in [-0.1, -0.05) is 53.0 Å². The van der Waals surface area contributed by atoms with Gasteiger partial charge in [0.25, 0.3) is 5.91 Å². The SMILES string of the molecule is CC(=O)c1cc(Cl)ccc1-c1cc(NC(Cc2ccc(C(=O)Nc3c(Cl)cncc3Cl)cc2)C(=O)O)cs1. The van der Waals surface area contributed by atoms with Crippen molar-refractivity contribution < 1.29 is 19.5 Å². The highest BCUT2D eigenvalue weighted by molar-refractivity contribution is 7.14. The molecule has 1 unspecified atom stereocenters. The molecule has 0 spiro atoms. The minimum Gasteiger partial charge on any atom is -0.480 e. The van der Waals surface area contributed by atoms with Crippen LogP contribution in [0.15, 0.2) is 66.3 Å². The molecule has 2 heterocycles. The number of aromatic nitrogens is 1. The zero-order chi connectivity index (χ0) is 27.4. The number of amides is 1. The third kappa shape index (κ3) is 6.52. The number of hydrogen-bond donors (Lipinski definition) is 3. The molecule has 4 aromatic rings. The number of aliphatic carboxylic acids is 1. The molecular weight excluding hydrogens is 569 g/mol. The van der Waals surface area contributed by atoms with E-state index in [4.69, 9.17) is 34.8 Å². The molecule has 0 aliphatic heterocycles. The number of thiophene rings is 1. The average Bonchev–Trinajstić information content (AvgIpc) is 3.34. The van der Waals surface area contributed by atoms with E-state index in [1.807, 2.05) is 0 Å². The molecule has 1 atom stereocenters. The lowest BCUT2D eigenvalue weighted by molar-refractivity contribution is -0.137. The number of benzene rings is 2. The van der Waals surface area contributed by atoms with Crippen molar-refractivity contribution >= 4 is 75.2 Å². The molecule has 2 aromatic carbocycles. The second kappa shape index (κ2) is 12.0. The van der Waals surface area contributed by atoms with Gasteiger partial charge in [-0.15, -0.1) is 11.3 Å². The van der Waals surface area contributed by atoms with Crippen LogP contribution in [0.3, 0.4) is 0 Å². The van der Waals surface area contributed by atoms with Crippen molar-refractivity contribution in [1.82, 2.24) is 4.98 Å². The molecule has 0 radical (unpaired) electrons. The molecule has 1 amide bonds. The van der Waals surface area contributed by atoms with Gasteiger partial charge in [0, 0.05) is 56.5 Å². The first-order chi connectivity index (χ1) is 18.1. The summed E-state index contributed by atoms with van der Waals surface area (Å²) in [6.07, 6.45) is 2.92. The van der Waals surface area contributed by atoms with Gasteiger partial charge in [-0.05, 0) is 42.8 Å². The number of carboxylic acid groups (broad SMARTS) is 1. The van der Waals surface area contributed by atoms with Crippen molar-refractivity contribution in [3.05, 3.63) is 98.1 Å². The van der Waals surface area contributed by atoms with Gasteiger partial charge in [-0.25, -0.2) is 4.79 Å². The molecule has 194 valence electrons. The average molecular weight is 589 g/mol. The molecule has 0 fully saturated rings. The number of halogens is 3. The summed E-state index contributed by atoms with van der Waals surface area (Å²) < 4.78 is 0. The predicted molar refractivity (Wildman–Crippen MR) is 152 cm³/mol. The lowest BCUT2D eigenvalue weighted by atomic mass is 10.0. The Bertz CT molecular complexity index is 1500. The second-order valence-corrected chi connectivity index (χ2v) is 10.5. The standard InChI is InChI=1S/C27H20Cl3N3O4S/c1-14(34)20-9-17(28)6-7-19(20)24-10-18(13-38-24)32-23(27(36)37)8-15-2-4-16(5-3-15)26(35)33-25-21(29)11-31-12-22(25)30/h2-7,9-13,23,32H,8H2,1H3,(H,36,37)(H,31,33,35). The minimum atomic E-state index is -1.03. The van der Waals surface area contributed by atoms with Crippen LogP contribution in [0.1, 0.15) is 33.2 Å². The van der Waals surface area contributed by atoms with Gasteiger partial charge in [0.1, 0.15) is 6.04 Å². The number of pyridine rings is 1. The monoisotopic (exact) mass is 587 g/mol. The third-order valence-corrected chi connectivity index (χ3v) is 7.38. The smallest absolute Gasteiger partial charge is 0.326 e. The van der Waals surface area contributed by atoms with Gasteiger partial charge in [0.05, 0.1) is 15.7 Å². The third-order valence-electron chi connectivity index (χ3n) is 5.61. The molecule has 0 saturated heterocycles. The highest BCUT2D eigenvalue weighted by Crippen LogP contribution is 2.34. The Labute approximate surface area is 237 Å². The van der Waals surface area contributed by atoms with Gasteiger partial charge in [0.15, 0.2) is 5.78 Å². The fourth-order valence-corrected chi connectivity index (χ4v) is 5.24. The number of hydrogen-bond acceptors (Lipinski definition) is 6. The Morgan fingerprint density at radius 1 is 1.00 bits per heavy atom. The van der Waals surface area contributed by atoms with Crippen molar-refractivity contribution in [1.29, 1.82) is 0 Å². The van der Waals surface area contributed by atoms with Crippen LogP contribution in [0.25, 0.3) is 10.4 Å². The summed E-state index contributed by atoms with van der Waals surface area (Å²) >= 11 is 19.6. The molecule has 0 bridgehead atoms. The lowest BCUT2D eigenvalue weighted by Gasteiger charge is -2.15. The summed E-state index contributed by atoms with van der Waals surface area (Å²) in [6, 6.07) is 12.6. The molecule has 0 saturated carbocycles. The number of carbonyl (C=O) groups excluding carboxylic acids is 2. The number of nitrogens with one attached hydrogen (secondary N) is 2. The van der Waals surface area contributed by atoms with Crippen LogP contribution in [-0.2, 0) is 11.2 Å².